The van der Waals surface area contributed by atoms with Gasteiger partial charge in [0.15, 0.2) is 0 Å². The monoisotopic (exact) mass is 383 g/mol. The molecule has 0 saturated heterocycles. The van der Waals surface area contributed by atoms with Crippen molar-refractivity contribution in [3.8, 4) is 23.7 Å². The quantitative estimate of drug-likeness (QED) is 0.298. The van der Waals surface area contributed by atoms with E-state index >= 15 is 0 Å². The zero-order valence-electron chi connectivity index (χ0n) is 15.8. The van der Waals surface area contributed by atoms with Crippen LogP contribution in [0.1, 0.15) is 30.4 Å². The first kappa shape index (κ1) is 22.9. The van der Waals surface area contributed by atoms with E-state index in [0.717, 1.165) is 24.0 Å². The molecule has 7 nitrogen and oxygen atoms in total. The number of carbonyl (C=O) groups is 3. The normalized spacial score (nSPS) is 9.32. The first-order valence-electron chi connectivity index (χ1n) is 8.98. The summed E-state index contributed by atoms with van der Waals surface area (Å²) in [7, 11) is 0. The van der Waals surface area contributed by atoms with Crippen molar-refractivity contribution in [3.63, 3.8) is 0 Å². The predicted molar refractivity (Wildman–Crippen MR) is 106 cm³/mol. The summed E-state index contributed by atoms with van der Waals surface area (Å²) in [5.41, 5.74) is 6.94. The Kier molecular flexibility index (Phi) is 12.3. The Bertz CT molecular complexity index is 769. The maximum absolute atomic E-state index is 11.6. The minimum atomic E-state index is -0.333. The first-order chi connectivity index (χ1) is 13.7. The van der Waals surface area contributed by atoms with Crippen molar-refractivity contribution >= 4 is 18.1 Å². The molecule has 0 unspecified atom stereocenters. The molecule has 0 bridgehead atoms. The van der Waals surface area contributed by atoms with Crippen LogP contribution < -0.4 is 16.4 Å². The Morgan fingerprint density at radius 2 is 1.68 bits per heavy atom. The summed E-state index contributed by atoms with van der Waals surface area (Å²) in [6.45, 7) is 0.777. The summed E-state index contributed by atoms with van der Waals surface area (Å²) in [5.74, 6) is 11.3. The fourth-order valence-corrected chi connectivity index (χ4v) is 2.02. The minimum Gasteiger partial charge on any atom is -0.364 e. The van der Waals surface area contributed by atoms with E-state index in [-0.39, 0.29) is 38.1 Å². The molecule has 148 valence electrons. The zero-order chi connectivity index (χ0) is 20.5. The van der Waals surface area contributed by atoms with Gasteiger partial charge in [-0.1, -0.05) is 29.7 Å². The van der Waals surface area contributed by atoms with Crippen LogP contribution in [0.15, 0.2) is 24.3 Å². The van der Waals surface area contributed by atoms with Gasteiger partial charge in [0, 0.05) is 17.5 Å². The van der Waals surface area contributed by atoms with Gasteiger partial charge in [-0.05, 0) is 37.6 Å². The van der Waals surface area contributed by atoms with E-state index in [4.69, 9.17) is 10.5 Å². The molecule has 0 aliphatic rings. The lowest BCUT2D eigenvalue weighted by molar-refractivity contribution is -0.126. The van der Waals surface area contributed by atoms with Crippen LogP contribution in [0.2, 0.25) is 0 Å². The van der Waals surface area contributed by atoms with E-state index in [1.54, 1.807) is 0 Å². The van der Waals surface area contributed by atoms with Crippen LogP contribution in [0, 0.1) is 23.7 Å². The maximum Gasteiger partial charge on any atom is 0.246 e. The number of nitrogens with two attached hydrogens (primary N) is 1. The van der Waals surface area contributed by atoms with Gasteiger partial charge in [-0.25, -0.2) is 0 Å². The molecule has 0 aromatic heterocycles. The Morgan fingerprint density at radius 3 is 2.29 bits per heavy atom. The van der Waals surface area contributed by atoms with Gasteiger partial charge in [0.05, 0.1) is 13.1 Å². The van der Waals surface area contributed by atoms with Gasteiger partial charge < -0.3 is 25.9 Å². The van der Waals surface area contributed by atoms with Crippen molar-refractivity contribution in [2.24, 2.45) is 5.73 Å². The highest BCUT2D eigenvalue weighted by atomic mass is 16.5. The molecule has 7 heteroatoms. The molecule has 28 heavy (non-hydrogen) atoms. The number of rotatable bonds is 10. The third kappa shape index (κ3) is 11.5. The molecule has 1 rings (SSSR count). The van der Waals surface area contributed by atoms with E-state index in [1.807, 2.05) is 24.3 Å². The van der Waals surface area contributed by atoms with Crippen LogP contribution in [-0.4, -0.2) is 50.9 Å². The number of hydrogen-bond acceptors (Lipinski definition) is 5. The number of aldehydes is 1. The van der Waals surface area contributed by atoms with E-state index in [2.05, 4.69) is 34.3 Å². The lowest BCUT2D eigenvalue weighted by atomic mass is 10.1. The van der Waals surface area contributed by atoms with E-state index in [0.29, 0.717) is 19.3 Å². The second kappa shape index (κ2) is 15.0. The summed E-state index contributed by atoms with van der Waals surface area (Å²) in [6.07, 6.45) is 2.66. The van der Waals surface area contributed by atoms with Crippen molar-refractivity contribution in [2.45, 2.75) is 19.3 Å². The highest BCUT2D eigenvalue weighted by Gasteiger charge is 1.99. The third-order valence-corrected chi connectivity index (χ3v) is 3.35. The van der Waals surface area contributed by atoms with Crippen LogP contribution in [0.25, 0.3) is 0 Å². The maximum atomic E-state index is 11.6. The van der Waals surface area contributed by atoms with E-state index in [9.17, 15) is 14.4 Å². The molecule has 1 aromatic carbocycles. The SMILES string of the molecule is NCCCCC(=O)NCC#Cc1cccc(C#CCNC(=O)COCC=O)c1. The van der Waals surface area contributed by atoms with Crippen molar-refractivity contribution in [2.75, 3.05) is 32.8 Å². The molecule has 1 aromatic rings. The third-order valence-electron chi connectivity index (χ3n) is 3.35. The average molecular weight is 383 g/mol. The molecule has 0 spiro atoms. The van der Waals surface area contributed by atoms with Crippen LogP contribution in [0.5, 0.6) is 0 Å². The first-order valence-corrected chi connectivity index (χ1v) is 8.98. The summed E-state index contributed by atoms with van der Waals surface area (Å²) < 4.78 is 4.79. The zero-order valence-corrected chi connectivity index (χ0v) is 15.8. The molecule has 0 fully saturated rings. The average Bonchev–Trinajstić information content (AvgIpc) is 2.69. The molecule has 0 radical (unpaired) electrons. The van der Waals surface area contributed by atoms with Crippen LogP contribution >= 0.6 is 0 Å². The molecule has 0 saturated carbocycles. The molecular weight excluding hydrogens is 358 g/mol. The van der Waals surface area contributed by atoms with Gasteiger partial charge in [-0.3, -0.25) is 9.59 Å². The molecule has 0 heterocycles. The smallest absolute Gasteiger partial charge is 0.246 e. The number of carbonyl (C=O) groups excluding carboxylic acids is 3. The van der Waals surface area contributed by atoms with Gasteiger partial charge in [-0.2, -0.15) is 0 Å². The Balaban J connectivity index is 2.39. The lowest BCUT2D eigenvalue weighted by Gasteiger charge is -2.00. The number of nitrogens with one attached hydrogen (secondary N) is 2. The number of benzene rings is 1. The Hall–Kier alpha value is -3.13. The molecule has 2 amide bonds. The topological polar surface area (TPSA) is 111 Å². The summed E-state index contributed by atoms with van der Waals surface area (Å²) in [6, 6.07) is 7.36. The summed E-state index contributed by atoms with van der Waals surface area (Å²) >= 11 is 0. The second-order valence-corrected chi connectivity index (χ2v) is 5.67. The minimum absolute atomic E-state index is 0.0269. The molecular formula is C21H25N3O4. The van der Waals surface area contributed by atoms with Crippen molar-refractivity contribution in [3.05, 3.63) is 35.4 Å². The van der Waals surface area contributed by atoms with Crippen molar-refractivity contribution in [1.82, 2.24) is 10.6 Å². The van der Waals surface area contributed by atoms with Crippen LogP contribution in [0.3, 0.4) is 0 Å². The van der Waals surface area contributed by atoms with Crippen LogP contribution in [0.4, 0.5) is 0 Å². The highest BCUT2D eigenvalue weighted by Crippen LogP contribution is 2.02. The largest absolute Gasteiger partial charge is 0.364 e. The van der Waals surface area contributed by atoms with Crippen molar-refractivity contribution in [1.29, 1.82) is 0 Å². The summed E-state index contributed by atoms with van der Waals surface area (Å²) in [5, 5.41) is 5.31. The van der Waals surface area contributed by atoms with Gasteiger partial charge in [0.1, 0.15) is 19.5 Å². The van der Waals surface area contributed by atoms with Gasteiger partial charge in [-0.15, -0.1) is 0 Å². The van der Waals surface area contributed by atoms with Gasteiger partial charge >= 0.3 is 0 Å². The molecule has 4 N–H and O–H groups in total. The number of hydrogen-bond donors (Lipinski definition) is 3. The van der Waals surface area contributed by atoms with E-state index < -0.39 is 0 Å². The lowest BCUT2D eigenvalue weighted by Crippen LogP contribution is -2.28. The Morgan fingerprint density at radius 1 is 1.04 bits per heavy atom. The fraction of sp³-hybridized carbons (Fsp3) is 0.381. The summed E-state index contributed by atoms with van der Waals surface area (Å²) in [4.78, 5) is 33.0. The van der Waals surface area contributed by atoms with Crippen molar-refractivity contribution < 1.29 is 19.1 Å². The number of amides is 2. The standard InChI is InChI=1S/C21H25N3O4/c22-11-2-1-10-20(26)23-12-4-8-18-6-3-7-19(16-18)9-5-13-24-21(27)17-28-15-14-25/h3,6-7,14,16H,1-2,10-13,15,17,22H2,(H,23,26)(H,24,27). The van der Waals surface area contributed by atoms with Crippen LogP contribution in [-0.2, 0) is 19.1 Å². The van der Waals surface area contributed by atoms with Gasteiger partial charge in [0.2, 0.25) is 11.8 Å². The van der Waals surface area contributed by atoms with Gasteiger partial charge in [0.25, 0.3) is 0 Å². The molecule has 0 aliphatic carbocycles. The predicted octanol–water partition coefficient (Wildman–Crippen LogP) is -0.0335. The number of unbranched alkanes of at least 4 members (excludes halogenated alkanes) is 1. The molecule has 0 aliphatic heterocycles. The number of ether oxygens (including phenoxy) is 1. The second-order valence-electron chi connectivity index (χ2n) is 5.67. The van der Waals surface area contributed by atoms with E-state index in [1.165, 1.54) is 0 Å². The highest BCUT2D eigenvalue weighted by molar-refractivity contribution is 5.77. The fourth-order valence-electron chi connectivity index (χ4n) is 2.02. The Labute approximate surface area is 165 Å². The molecule has 0 atom stereocenters.